The van der Waals surface area contributed by atoms with Gasteiger partial charge in [-0.2, -0.15) is 0 Å². The summed E-state index contributed by atoms with van der Waals surface area (Å²) >= 11 is 0. The fourth-order valence-corrected chi connectivity index (χ4v) is 1.95. The molecule has 8 heteroatoms. The van der Waals surface area contributed by atoms with Crippen LogP contribution in [0.2, 0.25) is 0 Å². The molecule has 0 saturated carbocycles. The van der Waals surface area contributed by atoms with Gasteiger partial charge in [0.15, 0.2) is 6.61 Å². The third-order valence-electron chi connectivity index (χ3n) is 2.88. The summed E-state index contributed by atoms with van der Waals surface area (Å²) in [5, 5.41) is 11.4. The maximum absolute atomic E-state index is 12.5. The number of fused-ring (bicyclic) bond motifs is 1. The van der Waals surface area contributed by atoms with Crippen LogP contribution in [-0.2, 0) is 4.79 Å². The molecule has 1 aliphatic rings. The molecule has 0 fully saturated rings. The van der Waals surface area contributed by atoms with Crippen molar-refractivity contribution in [3.8, 4) is 5.75 Å². The van der Waals surface area contributed by atoms with Crippen LogP contribution in [0.3, 0.4) is 0 Å². The monoisotopic (exact) mass is 300 g/mol. The zero-order valence-electron chi connectivity index (χ0n) is 11.0. The van der Waals surface area contributed by atoms with Crippen LogP contribution in [-0.4, -0.2) is 54.5 Å². The molecule has 0 atom stereocenters. The van der Waals surface area contributed by atoms with Gasteiger partial charge in [0.1, 0.15) is 5.75 Å². The number of amides is 2. The Bertz CT molecular complexity index is 551. The summed E-state index contributed by atoms with van der Waals surface area (Å²) in [6.45, 7) is -1.51. The van der Waals surface area contributed by atoms with Crippen molar-refractivity contribution in [2.45, 2.75) is 6.43 Å². The molecule has 21 heavy (non-hydrogen) atoms. The van der Waals surface area contributed by atoms with Gasteiger partial charge >= 0.3 is 0 Å². The Morgan fingerprint density at radius 1 is 1.48 bits per heavy atom. The molecule has 0 aliphatic carbocycles. The summed E-state index contributed by atoms with van der Waals surface area (Å²) in [6.07, 6.45) is -2.69. The second-order valence-corrected chi connectivity index (χ2v) is 4.41. The number of alkyl halides is 2. The van der Waals surface area contributed by atoms with E-state index in [0.717, 1.165) is 4.90 Å². The number of hydrogen-bond donors (Lipinski definition) is 2. The molecular formula is C13H14F2N2O4. The third-order valence-corrected chi connectivity index (χ3v) is 2.88. The number of nitrogens with one attached hydrogen (secondary N) is 1. The number of carbonyl (C=O) groups excluding carboxylic acids is 2. The van der Waals surface area contributed by atoms with E-state index < -0.39 is 25.5 Å². The van der Waals surface area contributed by atoms with Crippen molar-refractivity contribution in [1.29, 1.82) is 0 Å². The molecule has 0 spiro atoms. The van der Waals surface area contributed by atoms with Crippen LogP contribution in [0, 0.1) is 0 Å². The van der Waals surface area contributed by atoms with Gasteiger partial charge in [0, 0.05) is 12.1 Å². The minimum absolute atomic E-state index is 0.152. The van der Waals surface area contributed by atoms with Crippen molar-refractivity contribution < 1.29 is 28.2 Å². The fraction of sp³-hybridized carbons (Fsp3) is 0.385. The van der Waals surface area contributed by atoms with E-state index in [-0.39, 0.29) is 24.6 Å². The molecule has 6 nitrogen and oxygen atoms in total. The average molecular weight is 300 g/mol. The molecule has 0 aromatic heterocycles. The van der Waals surface area contributed by atoms with E-state index in [1.54, 1.807) is 0 Å². The number of carbonyl (C=O) groups is 2. The number of anilines is 1. The fourth-order valence-electron chi connectivity index (χ4n) is 1.95. The molecule has 2 N–H and O–H groups in total. The molecule has 1 aliphatic heterocycles. The van der Waals surface area contributed by atoms with Crippen molar-refractivity contribution in [3.05, 3.63) is 23.8 Å². The molecule has 1 heterocycles. The van der Waals surface area contributed by atoms with Crippen molar-refractivity contribution in [2.24, 2.45) is 0 Å². The summed E-state index contributed by atoms with van der Waals surface area (Å²) < 4.78 is 30.1. The standard InChI is InChI=1S/C13H14F2N2O4/c14-11(15)6-17(3-4-18)13(20)8-1-2-9-10(5-8)21-7-12(19)16-9/h1-2,5,11,18H,3-4,6-7H2,(H,16,19). The number of halogens is 2. The Kier molecular flexibility index (Phi) is 4.69. The summed E-state index contributed by atoms with van der Waals surface area (Å²) in [5.41, 5.74) is 0.573. The molecule has 2 amide bonds. The number of ether oxygens (including phenoxy) is 1. The third kappa shape index (κ3) is 3.66. The number of hydrogen-bond acceptors (Lipinski definition) is 4. The Morgan fingerprint density at radius 2 is 2.24 bits per heavy atom. The van der Waals surface area contributed by atoms with Gasteiger partial charge in [0.2, 0.25) is 0 Å². The lowest BCUT2D eigenvalue weighted by atomic mass is 10.1. The van der Waals surface area contributed by atoms with Crippen LogP contribution in [0.1, 0.15) is 10.4 Å². The van der Waals surface area contributed by atoms with E-state index in [4.69, 9.17) is 9.84 Å². The van der Waals surface area contributed by atoms with Crippen molar-refractivity contribution >= 4 is 17.5 Å². The maximum atomic E-state index is 12.5. The smallest absolute Gasteiger partial charge is 0.262 e. The lowest BCUT2D eigenvalue weighted by Gasteiger charge is -2.23. The van der Waals surface area contributed by atoms with Gasteiger partial charge in [-0.3, -0.25) is 9.59 Å². The Hall–Kier alpha value is -2.22. The topological polar surface area (TPSA) is 78.9 Å². The first-order chi connectivity index (χ1) is 10.0. The van der Waals surface area contributed by atoms with Crippen molar-refractivity contribution in [1.82, 2.24) is 4.90 Å². The van der Waals surface area contributed by atoms with Crippen LogP contribution < -0.4 is 10.1 Å². The van der Waals surface area contributed by atoms with E-state index >= 15 is 0 Å². The van der Waals surface area contributed by atoms with Gasteiger partial charge in [0.05, 0.1) is 18.8 Å². The first kappa shape index (κ1) is 15.2. The molecule has 0 radical (unpaired) electrons. The second kappa shape index (κ2) is 6.49. The molecule has 114 valence electrons. The highest BCUT2D eigenvalue weighted by atomic mass is 19.3. The van der Waals surface area contributed by atoms with E-state index in [1.807, 2.05) is 0 Å². The van der Waals surface area contributed by atoms with Gasteiger partial charge in [0.25, 0.3) is 18.2 Å². The van der Waals surface area contributed by atoms with Gasteiger partial charge < -0.3 is 20.1 Å². The molecule has 0 unspecified atom stereocenters. The highest BCUT2D eigenvalue weighted by Crippen LogP contribution is 2.29. The summed E-state index contributed by atoms with van der Waals surface area (Å²) in [7, 11) is 0. The molecule has 2 rings (SSSR count). The second-order valence-electron chi connectivity index (χ2n) is 4.41. The zero-order valence-corrected chi connectivity index (χ0v) is 11.0. The first-order valence-corrected chi connectivity index (χ1v) is 6.26. The Balaban J connectivity index is 2.20. The van der Waals surface area contributed by atoms with E-state index in [2.05, 4.69) is 5.32 Å². The number of rotatable bonds is 5. The van der Waals surface area contributed by atoms with E-state index in [1.165, 1.54) is 18.2 Å². The largest absolute Gasteiger partial charge is 0.482 e. The number of aliphatic hydroxyl groups is 1. The minimum Gasteiger partial charge on any atom is -0.482 e. The minimum atomic E-state index is -2.69. The van der Waals surface area contributed by atoms with Crippen LogP contribution in [0.5, 0.6) is 5.75 Å². The number of aliphatic hydroxyl groups excluding tert-OH is 1. The van der Waals surface area contributed by atoms with Gasteiger partial charge in [-0.05, 0) is 18.2 Å². The van der Waals surface area contributed by atoms with Crippen molar-refractivity contribution in [3.63, 3.8) is 0 Å². The average Bonchev–Trinajstić information content (AvgIpc) is 2.45. The molecule has 0 saturated heterocycles. The lowest BCUT2D eigenvalue weighted by Crippen LogP contribution is -2.37. The maximum Gasteiger partial charge on any atom is 0.262 e. The van der Waals surface area contributed by atoms with Crippen LogP contribution in [0.4, 0.5) is 14.5 Å². The predicted molar refractivity (Wildman–Crippen MR) is 69.6 cm³/mol. The Morgan fingerprint density at radius 3 is 2.90 bits per heavy atom. The normalized spacial score (nSPS) is 13.4. The van der Waals surface area contributed by atoms with Crippen molar-refractivity contribution in [2.75, 3.05) is 31.6 Å². The molecule has 1 aromatic rings. The lowest BCUT2D eigenvalue weighted by molar-refractivity contribution is -0.118. The quantitative estimate of drug-likeness (QED) is 0.840. The van der Waals surface area contributed by atoms with Crippen LogP contribution >= 0.6 is 0 Å². The highest BCUT2D eigenvalue weighted by molar-refractivity contribution is 5.99. The molecule has 0 bridgehead atoms. The summed E-state index contributed by atoms with van der Waals surface area (Å²) in [5.74, 6) is -0.629. The summed E-state index contributed by atoms with van der Waals surface area (Å²) in [4.78, 5) is 24.2. The molecular weight excluding hydrogens is 286 g/mol. The van der Waals surface area contributed by atoms with Gasteiger partial charge in [-0.15, -0.1) is 0 Å². The zero-order chi connectivity index (χ0) is 15.4. The number of nitrogens with zero attached hydrogens (tertiary/aromatic N) is 1. The van der Waals surface area contributed by atoms with E-state index in [9.17, 15) is 18.4 Å². The van der Waals surface area contributed by atoms with Crippen LogP contribution in [0.25, 0.3) is 0 Å². The van der Waals surface area contributed by atoms with Gasteiger partial charge in [-0.25, -0.2) is 8.78 Å². The van der Waals surface area contributed by atoms with Crippen LogP contribution in [0.15, 0.2) is 18.2 Å². The first-order valence-electron chi connectivity index (χ1n) is 6.26. The van der Waals surface area contributed by atoms with Gasteiger partial charge in [-0.1, -0.05) is 0 Å². The number of benzene rings is 1. The predicted octanol–water partition coefficient (Wildman–Crippen LogP) is 0.717. The van der Waals surface area contributed by atoms with E-state index in [0.29, 0.717) is 11.4 Å². The summed E-state index contributed by atoms with van der Waals surface area (Å²) in [6, 6.07) is 4.26. The SMILES string of the molecule is O=C1COc2cc(C(=O)N(CCO)CC(F)F)ccc2N1. The molecule has 1 aromatic carbocycles. The highest BCUT2D eigenvalue weighted by Gasteiger charge is 2.22. The Labute approximate surface area is 119 Å².